The fourth-order valence-corrected chi connectivity index (χ4v) is 3.41. The monoisotopic (exact) mass is 399 g/mol. The normalized spacial score (nSPS) is 14.2. The Morgan fingerprint density at radius 1 is 1.10 bits per heavy atom. The molecule has 1 N–H and O–H groups in total. The van der Waals surface area contributed by atoms with Crippen LogP contribution in [0, 0.1) is 5.92 Å². The van der Waals surface area contributed by atoms with Crippen molar-refractivity contribution in [2.24, 2.45) is 5.92 Å². The number of carbonyl (C=O) groups excluding carboxylic acids is 2. The van der Waals surface area contributed by atoms with Gasteiger partial charge in [-0.1, -0.05) is 38.1 Å². The minimum Gasteiger partial charge on any atom is -0.426 e. The molecule has 0 fully saturated rings. The molecule has 0 aliphatic heterocycles. The Balaban J connectivity index is 2.28. The zero-order valence-electron chi connectivity index (χ0n) is 17.6. The van der Waals surface area contributed by atoms with Crippen molar-refractivity contribution in [2.45, 2.75) is 32.8 Å². The van der Waals surface area contributed by atoms with E-state index in [-0.39, 0.29) is 17.2 Å². The Hall–Kier alpha value is -2.70. The molecule has 0 bridgehead atoms. The third-order valence-electron chi connectivity index (χ3n) is 4.90. The second-order valence-electron chi connectivity index (χ2n) is 7.45. The topological polar surface area (TPSA) is 76.1 Å². The van der Waals surface area contributed by atoms with Crippen molar-refractivity contribution in [1.29, 1.82) is 0 Å². The van der Waals surface area contributed by atoms with Gasteiger partial charge in [-0.3, -0.25) is 4.79 Å². The van der Waals surface area contributed by atoms with Crippen LogP contribution >= 0.6 is 0 Å². The Morgan fingerprint density at radius 3 is 2.41 bits per heavy atom. The highest BCUT2D eigenvalue weighted by Crippen LogP contribution is 2.35. The lowest BCUT2D eigenvalue weighted by molar-refractivity contribution is -0.131. The van der Waals surface area contributed by atoms with Gasteiger partial charge in [-0.15, -0.1) is 0 Å². The first-order chi connectivity index (χ1) is 13.7. The predicted molar refractivity (Wildman–Crippen MR) is 111 cm³/mol. The number of esters is 2. The summed E-state index contributed by atoms with van der Waals surface area (Å²) < 4.78 is 10.6. The largest absolute Gasteiger partial charge is 0.426 e. The number of para-hydroxylation sites is 1. The fourth-order valence-electron chi connectivity index (χ4n) is 3.41. The van der Waals surface area contributed by atoms with Crippen LogP contribution in [-0.4, -0.2) is 42.6 Å². The lowest BCUT2D eigenvalue weighted by Crippen LogP contribution is -2.38. The van der Waals surface area contributed by atoms with Crippen LogP contribution < -0.4 is 9.47 Å². The van der Waals surface area contributed by atoms with E-state index in [0.29, 0.717) is 24.3 Å². The Bertz CT molecular complexity index is 864. The van der Waals surface area contributed by atoms with E-state index in [9.17, 15) is 14.7 Å². The van der Waals surface area contributed by atoms with Crippen LogP contribution in [0.5, 0.6) is 11.5 Å². The molecule has 2 aromatic rings. The maximum absolute atomic E-state index is 12.6. The van der Waals surface area contributed by atoms with Gasteiger partial charge in [0.1, 0.15) is 17.1 Å². The number of ether oxygens (including phenoxy) is 2. The molecule has 0 saturated carbocycles. The van der Waals surface area contributed by atoms with Crippen LogP contribution in [0.3, 0.4) is 0 Å². The van der Waals surface area contributed by atoms with Gasteiger partial charge in [-0.05, 0) is 50.3 Å². The third-order valence-corrected chi connectivity index (χ3v) is 4.90. The molecule has 156 valence electrons. The molecule has 0 aliphatic rings. The minimum absolute atomic E-state index is 0.0295. The van der Waals surface area contributed by atoms with Gasteiger partial charge in [-0.25, -0.2) is 4.79 Å². The van der Waals surface area contributed by atoms with Crippen molar-refractivity contribution in [3.63, 3.8) is 0 Å². The van der Waals surface area contributed by atoms with Gasteiger partial charge in [0.2, 0.25) is 0 Å². The zero-order valence-corrected chi connectivity index (χ0v) is 17.6. The molecule has 2 rings (SSSR count). The summed E-state index contributed by atoms with van der Waals surface area (Å²) in [5, 5.41) is 11.3. The van der Waals surface area contributed by atoms with Crippen molar-refractivity contribution < 1.29 is 24.2 Å². The van der Waals surface area contributed by atoms with E-state index >= 15 is 0 Å². The van der Waals surface area contributed by atoms with Crippen molar-refractivity contribution >= 4 is 11.9 Å². The first-order valence-electron chi connectivity index (χ1n) is 9.64. The summed E-state index contributed by atoms with van der Waals surface area (Å²) in [5.41, 5.74) is -0.213. The molecular weight excluding hydrogens is 370 g/mol. The molecule has 0 saturated heterocycles. The van der Waals surface area contributed by atoms with Crippen LogP contribution in [0.4, 0.5) is 0 Å². The van der Waals surface area contributed by atoms with E-state index in [2.05, 4.69) is 0 Å². The first kappa shape index (κ1) is 22.6. The van der Waals surface area contributed by atoms with Gasteiger partial charge in [-0.2, -0.15) is 0 Å². The minimum atomic E-state index is -1.05. The summed E-state index contributed by atoms with van der Waals surface area (Å²) in [6, 6.07) is 13.3. The number of carbonyl (C=O) groups is 2. The van der Waals surface area contributed by atoms with E-state index in [1.807, 2.05) is 38.9 Å². The highest BCUT2D eigenvalue weighted by molar-refractivity contribution is 5.94. The summed E-state index contributed by atoms with van der Waals surface area (Å²) in [4.78, 5) is 25.9. The predicted octanol–water partition coefficient (Wildman–Crippen LogP) is 3.63. The first-order valence-corrected chi connectivity index (χ1v) is 9.64. The Kier molecular flexibility index (Phi) is 7.53. The summed E-state index contributed by atoms with van der Waals surface area (Å²) in [5.74, 6) is -0.728. The highest BCUT2D eigenvalue weighted by atomic mass is 16.5. The van der Waals surface area contributed by atoms with Crippen LogP contribution in [-0.2, 0) is 10.4 Å². The molecular formula is C23H29NO5. The molecule has 0 spiro atoms. The van der Waals surface area contributed by atoms with Crippen molar-refractivity contribution in [3.8, 4) is 11.5 Å². The summed E-state index contributed by atoms with van der Waals surface area (Å²) >= 11 is 0. The van der Waals surface area contributed by atoms with Crippen LogP contribution in [0.2, 0.25) is 0 Å². The van der Waals surface area contributed by atoms with Crippen molar-refractivity contribution in [3.05, 3.63) is 59.7 Å². The number of aliphatic hydroxyl groups is 1. The van der Waals surface area contributed by atoms with E-state index in [4.69, 9.17) is 9.47 Å². The third kappa shape index (κ3) is 5.65. The fraction of sp³-hybridized carbons (Fsp3) is 0.391. The summed E-state index contributed by atoms with van der Waals surface area (Å²) in [7, 11) is 3.93. The van der Waals surface area contributed by atoms with Gasteiger partial charge in [0.25, 0.3) is 0 Å². The maximum atomic E-state index is 12.6. The second kappa shape index (κ2) is 9.67. The average molecular weight is 399 g/mol. The van der Waals surface area contributed by atoms with Crippen molar-refractivity contribution in [1.82, 2.24) is 4.90 Å². The quantitative estimate of drug-likeness (QED) is 0.540. The molecule has 2 aromatic carbocycles. The summed E-state index contributed by atoms with van der Waals surface area (Å²) in [6.07, 6.45) is 0.523. The maximum Gasteiger partial charge on any atom is 0.347 e. The van der Waals surface area contributed by atoms with Gasteiger partial charge in [0.05, 0.1) is 5.60 Å². The highest BCUT2D eigenvalue weighted by Gasteiger charge is 2.34. The number of hydrogen-bond acceptors (Lipinski definition) is 6. The average Bonchev–Trinajstić information content (AvgIpc) is 2.66. The van der Waals surface area contributed by atoms with Gasteiger partial charge in [0.15, 0.2) is 0 Å². The Labute approximate surface area is 172 Å². The van der Waals surface area contributed by atoms with Crippen LogP contribution in [0.15, 0.2) is 48.5 Å². The van der Waals surface area contributed by atoms with Gasteiger partial charge < -0.3 is 19.5 Å². The lowest BCUT2D eigenvalue weighted by Gasteiger charge is -2.35. The van der Waals surface area contributed by atoms with Crippen LogP contribution in [0.25, 0.3) is 0 Å². The van der Waals surface area contributed by atoms with E-state index in [1.165, 1.54) is 19.1 Å². The van der Waals surface area contributed by atoms with E-state index in [1.54, 1.807) is 30.3 Å². The second-order valence-corrected chi connectivity index (χ2v) is 7.45. The number of benzene rings is 2. The van der Waals surface area contributed by atoms with Gasteiger partial charge >= 0.3 is 11.9 Å². The summed E-state index contributed by atoms with van der Waals surface area (Å²) in [6.45, 7) is 5.91. The van der Waals surface area contributed by atoms with Gasteiger partial charge in [0, 0.05) is 19.4 Å². The SMILES string of the molecule is CC[C@](O)(c1cccc(OC(=O)c2ccccc2OC(C)=O)c1)[C@H](C)CN(C)C. The lowest BCUT2D eigenvalue weighted by atomic mass is 9.80. The van der Waals surface area contributed by atoms with Crippen molar-refractivity contribution in [2.75, 3.05) is 20.6 Å². The molecule has 2 atom stereocenters. The molecule has 0 radical (unpaired) electrons. The van der Waals surface area contributed by atoms with E-state index in [0.717, 1.165) is 0 Å². The molecule has 0 aromatic heterocycles. The molecule has 6 nitrogen and oxygen atoms in total. The smallest absolute Gasteiger partial charge is 0.347 e. The molecule has 0 aliphatic carbocycles. The number of hydrogen-bond donors (Lipinski definition) is 1. The Morgan fingerprint density at radius 2 is 1.79 bits per heavy atom. The molecule has 29 heavy (non-hydrogen) atoms. The standard InChI is InChI=1S/C23H29NO5/c1-6-23(27,16(2)15-24(4)5)18-10-9-11-19(14-18)29-22(26)20-12-7-8-13-21(20)28-17(3)25/h7-14,16,27H,6,15H2,1-5H3/t16-,23-/m1/s1. The van der Waals surface area contributed by atoms with Crippen LogP contribution in [0.1, 0.15) is 43.1 Å². The van der Waals surface area contributed by atoms with E-state index < -0.39 is 17.5 Å². The molecule has 0 amide bonds. The molecule has 0 unspecified atom stereocenters. The zero-order chi connectivity index (χ0) is 21.6. The number of nitrogens with zero attached hydrogens (tertiary/aromatic N) is 1. The molecule has 0 heterocycles. The number of rotatable bonds is 8. The molecule has 6 heteroatoms.